The van der Waals surface area contributed by atoms with Crippen molar-refractivity contribution in [3.8, 4) is 12.3 Å². The zero-order valence-corrected chi connectivity index (χ0v) is 11.7. The Morgan fingerprint density at radius 3 is 2.81 bits per heavy atom. The number of terminal acetylenes is 1. The van der Waals surface area contributed by atoms with Gasteiger partial charge in [-0.1, -0.05) is 12.1 Å². The maximum Gasteiger partial charge on any atom is 0.327 e. The van der Waals surface area contributed by atoms with Gasteiger partial charge in [-0.05, 0) is 42.9 Å². The average Bonchev–Trinajstić information content (AvgIpc) is 2.47. The number of fused-ring (bicyclic) bond motifs is 1. The fraction of sp³-hybridized carbons (Fsp3) is 0.375. The number of rotatable bonds is 4. The van der Waals surface area contributed by atoms with Crippen LogP contribution < -0.4 is 10.6 Å². The smallest absolute Gasteiger partial charge is 0.327 e. The van der Waals surface area contributed by atoms with Gasteiger partial charge in [0.1, 0.15) is 6.04 Å². The highest BCUT2D eigenvalue weighted by Gasteiger charge is 2.20. The summed E-state index contributed by atoms with van der Waals surface area (Å²) in [5.41, 5.74) is 3.13. The molecule has 1 atom stereocenters. The molecule has 5 nitrogen and oxygen atoms in total. The molecule has 5 heteroatoms. The molecule has 0 saturated carbocycles. The fourth-order valence-corrected chi connectivity index (χ4v) is 2.53. The molecule has 2 amide bonds. The third kappa shape index (κ3) is 3.76. The van der Waals surface area contributed by atoms with Gasteiger partial charge >= 0.3 is 12.0 Å². The van der Waals surface area contributed by atoms with Crippen LogP contribution in [0.15, 0.2) is 18.2 Å². The molecule has 3 N–H and O–H groups in total. The van der Waals surface area contributed by atoms with E-state index in [0.29, 0.717) is 0 Å². The number of urea groups is 1. The Morgan fingerprint density at radius 2 is 2.10 bits per heavy atom. The van der Waals surface area contributed by atoms with Gasteiger partial charge in [0.25, 0.3) is 0 Å². The van der Waals surface area contributed by atoms with Crippen molar-refractivity contribution in [2.24, 2.45) is 0 Å². The highest BCUT2D eigenvalue weighted by atomic mass is 16.4. The van der Waals surface area contributed by atoms with Gasteiger partial charge in [-0.15, -0.1) is 12.3 Å². The molecule has 1 aliphatic carbocycles. The van der Waals surface area contributed by atoms with Crippen LogP contribution in [0, 0.1) is 12.3 Å². The lowest BCUT2D eigenvalue weighted by Gasteiger charge is -2.20. The maximum absolute atomic E-state index is 11.9. The van der Waals surface area contributed by atoms with Gasteiger partial charge in [0.05, 0.1) is 0 Å². The second-order valence-electron chi connectivity index (χ2n) is 5.05. The number of amides is 2. The lowest BCUT2D eigenvalue weighted by molar-refractivity contribution is -0.139. The molecular weight excluding hydrogens is 268 g/mol. The molecule has 0 bridgehead atoms. The summed E-state index contributed by atoms with van der Waals surface area (Å²) >= 11 is 0. The highest BCUT2D eigenvalue weighted by Crippen LogP contribution is 2.27. The van der Waals surface area contributed by atoms with E-state index in [1.54, 1.807) is 0 Å². The molecule has 21 heavy (non-hydrogen) atoms. The van der Waals surface area contributed by atoms with E-state index in [0.717, 1.165) is 36.9 Å². The fourth-order valence-electron chi connectivity index (χ4n) is 2.53. The van der Waals surface area contributed by atoms with Gasteiger partial charge in [-0.3, -0.25) is 0 Å². The van der Waals surface area contributed by atoms with Crippen LogP contribution in [-0.2, 0) is 17.6 Å². The van der Waals surface area contributed by atoms with Gasteiger partial charge in [0.15, 0.2) is 0 Å². The van der Waals surface area contributed by atoms with E-state index in [2.05, 4.69) is 22.6 Å². The van der Waals surface area contributed by atoms with Crippen molar-refractivity contribution in [1.82, 2.24) is 5.32 Å². The number of hydrogen-bond donors (Lipinski definition) is 3. The largest absolute Gasteiger partial charge is 0.480 e. The zero-order chi connectivity index (χ0) is 15.2. The molecule has 1 aromatic carbocycles. The second kappa shape index (κ2) is 6.80. The lowest BCUT2D eigenvalue weighted by atomic mass is 9.90. The maximum atomic E-state index is 11.9. The summed E-state index contributed by atoms with van der Waals surface area (Å²) in [6.45, 7) is 0. The first-order chi connectivity index (χ1) is 10.1. The standard InChI is InChI=1S/C16H18N2O3/c1-2-6-14(15(19)20)18-16(21)17-13-10-5-8-11-7-3-4-9-12(11)13/h1,5,8,10,14H,3-4,6-7,9H2,(H,19,20)(H2,17,18,21). The Morgan fingerprint density at radius 1 is 1.33 bits per heavy atom. The number of carboxylic acids is 1. The molecule has 1 aliphatic rings. The van der Waals surface area contributed by atoms with E-state index < -0.39 is 18.0 Å². The molecule has 110 valence electrons. The number of anilines is 1. The third-order valence-corrected chi connectivity index (χ3v) is 3.57. The van der Waals surface area contributed by atoms with Crippen LogP contribution in [0.1, 0.15) is 30.4 Å². The van der Waals surface area contributed by atoms with E-state index in [-0.39, 0.29) is 6.42 Å². The van der Waals surface area contributed by atoms with Crippen molar-refractivity contribution in [2.75, 3.05) is 5.32 Å². The molecule has 0 fully saturated rings. The molecule has 0 heterocycles. The van der Waals surface area contributed by atoms with Crippen molar-refractivity contribution < 1.29 is 14.7 Å². The average molecular weight is 286 g/mol. The summed E-state index contributed by atoms with van der Waals surface area (Å²) in [5.74, 6) is 1.10. The Hall–Kier alpha value is -2.48. The molecule has 0 aliphatic heterocycles. The predicted molar refractivity (Wildman–Crippen MR) is 80.1 cm³/mol. The number of benzene rings is 1. The summed E-state index contributed by atoms with van der Waals surface area (Å²) in [6, 6.07) is 4.18. The first-order valence-electron chi connectivity index (χ1n) is 6.96. The zero-order valence-electron chi connectivity index (χ0n) is 11.7. The van der Waals surface area contributed by atoms with Crippen molar-refractivity contribution >= 4 is 17.7 Å². The van der Waals surface area contributed by atoms with E-state index in [1.807, 2.05) is 12.1 Å². The quantitative estimate of drug-likeness (QED) is 0.742. The number of carbonyl (C=O) groups is 2. The van der Waals surface area contributed by atoms with Gasteiger partial charge in [0.2, 0.25) is 0 Å². The summed E-state index contributed by atoms with van der Waals surface area (Å²) in [4.78, 5) is 22.9. The minimum absolute atomic E-state index is 0.0460. The molecular formula is C16H18N2O3. The normalized spacial score (nSPS) is 14.4. The van der Waals surface area contributed by atoms with Crippen LogP contribution in [0.4, 0.5) is 10.5 Å². The monoisotopic (exact) mass is 286 g/mol. The van der Waals surface area contributed by atoms with Crippen LogP contribution in [0.2, 0.25) is 0 Å². The van der Waals surface area contributed by atoms with Crippen LogP contribution in [-0.4, -0.2) is 23.1 Å². The summed E-state index contributed by atoms with van der Waals surface area (Å²) < 4.78 is 0. The van der Waals surface area contributed by atoms with Crippen LogP contribution in [0.25, 0.3) is 0 Å². The molecule has 0 radical (unpaired) electrons. The van der Waals surface area contributed by atoms with Crippen LogP contribution in [0.5, 0.6) is 0 Å². The molecule has 1 unspecified atom stereocenters. The predicted octanol–water partition coefficient (Wildman–Crippen LogP) is 2.16. The van der Waals surface area contributed by atoms with Gasteiger partial charge in [0, 0.05) is 12.1 Å². The Balaban J connectivity index is 2.06. The summed E-state index contributed by atoms with van der Waals surface area (Å²) in [7, 11) is 0. The number of aliphatic carboxylic acids is 1. The lowest BCUT2D eigenvalue weighted by Crippen LogP contribution is -2.42. The number of carboxylic acid groups (broad SMARTS) is 1. The van der Waals surface area contributed by atoms with E-state index in [1.165, 1.54) is 5.56 Å². The third-order valence-electron chi connectivity index (χ3n) is 3.57. The van der Waals surface area contributed by atoms with Crippen molar-refractivity contribution in [3.63, 3.8) is 0 Å². The summed E-state index contributed by atoms with van der Waals surface area (Å²) in [5, 5.41) is 14.1. The van der Waals surface area contributed by atoms with Crippen molar-refractivity contribution in [3.05, 3.63) is 29.3 Å². The minimum Gasteiger partial charge on any atom is -0.480 e. The molecule has 1 aromatic rings. The first-order valence-corrected chi connectivity index (χ1v) is 6.96. The van der Waals surface area contributed by atoms with Gasteiger partial charge in [-0.25, -0.2) is 9.59 Å². The molecule has 0 spiro atoms. The second-order valence-corrected chi connectivity index (χ2v) is 5.05. The number of carbonyl (C=O) groups excluding carboxylic acids is 1. The van der Waals surface area contributed by atoms with Crippen LogP contribution >= 0.6 is 0 Å². The van der Waals surface area contributed by atoms with Crippen LogP contribution in [0.3, 0.4) is 0 Å². The molecule has 0 aromatic heterocycles. The van der Waals surface area contributed by atoms with E-state index in [9.17, 15) is 9.59 Å². The number of hydrogen-bond acceptors (Lipinski definition) is 2. The number of aryl methyl sites for hydroxylation is 1. The van der Waals surface area contributed by atoms with Gasteiger partial charge < -0.3 is 15.7 Å². The first kappa shape index (κ1) is 14.9. The highest BCUT2D eigenvalue weighted by molar-refractivity contribution is 5.93. The Kier molecular flexibility index (Phi) is 4.83. The summed E-state index contributed by atoms with van der Waals surface area (Å²) in [6.07, 6.45) is 9.26. The van der Waals surface area contributed by atoms with Gasteiger partial charge in [-0.2, -0.15) is 0 Å². The minimum atomic E-state index is -1.14. The molecule has 2 rings (SSSR count). The topological polar surface area (TPSA) is 78.4 Å². The van der Waals surface area contributed by atoms with E-state index in [4.69, 9.17) is 11.5 Å². The Labute approximate surface area is 123 Å². The SMILES string of the molecule is C#CCC(NC(=O)Nc1cccc2c1CCCC2)C(=O)O. The Bertz CT molecular complexity index is 590. The van der Waals surface area contributed by atoms with Crippen molar-refractivity contribution in [1.29, 1.82) is 0 Å². The van der Waals surface area contributed by atoms with E-state index >= 15 is 0 Å². The number of nitrogens with one attached hydrogen (secondary N) is 2. The molecule has 0 saturated heterocycles. The van der Waals surface area contributed by atoms with Crippen molar-refractivity contribution in [2.45, 2.75) is 38.1 Å².